The molecule has 328 valence electrons. The molecular weight excluding hydrogens is 777 g/mol. The van der Waals surface area contributed by atoms with E-state index in [-0.39, 0.29) is 42.4 Å². The first-order chi connectivity index (χ1) is 28.3. The average Bonchev–Trinajstić information content (AvgIpc) is 3.63. The van der Waals surface area contributed by atoms with Gasteiger partial charge in [-0.2, -0.15) is 0 Å². The van der Waals surface area contributed by atoms with Gasteiger partial charge in [-0.05, 0) is 55.4 Å². The van der Waals surface area contributed by atoms with E-state index in [0.29, 0.717) is 12.8 Å². The Kier molecular flexibility index (Phi) is 16.8. The monoisotopic (exact) mass is 836 g/mol. The summed E-state index contributed by atoms with van der Waals surface area (Å²) in [5.41, 5.74) is 4.08. The van der Waals surface area contributed by atoms with Gasteiger partial charge in [0.25, 0.3) is 11.8 Å². The fourth-order valence-corrected chi connectivity index (χ4v) is 8.87. The Hall–Kier alpha value is -5.35. The van der Waals surface area contributed by atoms with Crippen molar-refractivity contribution in [1.82, 2.24) is 25.8 Å². The Balaban J connectivity index is 1.58. The third-order valence-electron chi connectivity index (χ3n) is 12.4. The number of carbonyl (C=O) groups is 10. The van der Waals surface area contributed by atoms with Crippen LogP contribution in [0.4, 0.5) is 0 Å². The van der Waals surface area contributed by atoms with Gasteiger partial charge in [0.1, 0.15) is 6.04 Å². The van der Waals surface area contributed by atoms with Crippen molar-refractivity contribution in [3.8, 4) is 0 Å². The first-order valence-electron chi connectivity index (χ1n) is 21.0. The van der Waals surface area contributed by atoms with E-state index in [2.05, 4.69) is 20.9 Å². The van der Waals surface area contributed by atoms with Crippen molar-refractivity contribution in [1.29, 1.82) is 0 Å². The van der Waals surface area contributed by atoms with Crippen LogP contribution in [-0.4, -0.2) is 105 Å². The second-order valence-electron chi connectivity index (χ2n) is 17.6. The first-order valence-corrected chi connectivity index (χ1v) is 21.0. The third kappa shape index (κ3) is 12.3. The van der Waals surface area contributed by atoms with Crippen molar-refractivity contribution in [3.05, 3.63) is 29.6 Å². The van der Waals surface area contributed by atoms with E-state index >= 15 is 0 Å². The Bertz CT molecular complexity index is 1830. The minimum absolute atomic E-state index is 0.109. The number of primary amides is 1. The molecule has 5 amide bonds. The normalized spacial score (nSPS) is 19.6. The number of nitrogens with one attached hydrogen (secondary N) is 3. The number of Topliss-reactive ketones (excluding diaryl/α,β-unsaturated/α-hetero) is 4. The lowest BCUT2D eigenvalue weighted by Gasteiger charge is -2.36. The van der Waals surface area contributed by atoms with E-state index in [9.17, 15) is 53.1 Å². The topological polar surface area (TPSA) is 269 Å². The lowest BCUT2D eigenvalue weighted by molar-refractivity contribution is -0.147. The molecule has 2 aliphatic carbocycles. The molecule has 0 spiro atoms. The second-order valence-corrected chi connectivity index (χ2v) is 17.6. The van der Waals surface area contributed by atoms with Crippen LogP contribution in [0.15, 0.2) is 18.5 Å². The fourth-order valence-electron chi connectivity index (χ4n) is 8.87. The zero-order valence-corrected chi connectivity index (χ0v) is 35.1. The van der Waals surface area contributed by atoms with Gasteiger partial charge in [0, 0.05) is 57.0 Å². The summed E-state index contributed by atoms with van der Waals surface area (Å²) in [5.74, 6) is -9.79. The molecule has 0 radical (unpaired) electrons. The maximum Gasteiger partial charge on any atom is 0.338 e. The number of aromatic nitrogens is 1. The van der Waals surface area contributed by atoms with Crippen LogP contribution in [-0.2, 0) is 38.4 Å². The molecule has 3 aliphatic rings. The number of rotatable bonds is 19. The number of likely N-dealkylation sites (N-methyl/N-ethyl adjacent to an activating group) is 1. The molecule has 1 aliphatic heterocycles. The molecule has 0 aromatic carbocycles. The zero-order chi connectivity index (χ0) is 44.3. The van der Waals surface area contributed by atoms with Gasteiger partial charge in [0.05, 0.1) is 29.8 Å². The van der Waals surface area contributed by atoms with Crippen LogP contribution in [0, 0.1) is 29.1 Å². The van der Waals surface area contributed by atoms with E-state index in [1.165, 1.54) is 13.2 Å². The number of carbonyl (C=O) groups excluding carboxylic acids is 9. The minimum Gasteiger partial charge on any atom is -0.478 e. The molecule has 6 N–H and O–H groups in total. The summed E-state index contributed by atoms with van der Waals surface area (Å²) in [6.45, 7) is 4.69. The highest BCUT2D eigenvalue weighted by molar-refractivity contribution is 6.36. The summed E-state index contributed by atoms with van der Waals surface area (Å²) in [5, 5.41) is 17.2. The highest BCUT2D eigenvalue weighted by atomic mass is 16.4. The van der Waals surface area contributed by atoms with Gasteiger partial charge in [-0.1, -0.05) is 59.3 Å². The number of hydrogen-bond acceptors (Lipinski definition) is 11. The van der Waals surface area contributed by atoms with Gasteiger partial charge < -0.3 is 31.7 Å². The first kappa shape index (κ1) is 47.3. The van der Waals surface area contributed by atoms with Crippen molar-refractivity contribution in [2.45, 2.75) is 135 Å². The van der Waals surface area contributed by atoms with Gasteiger partial charge in [-0.3, -0.25) is 48.1 Å². The summed E-state index contributed by atoms with van der Waals surface area (Å²) < 4.78 is 0. The Labute approximate surface area is 350 Å². The van der Waals surface area contributed by atoms with Crippen LogP contribution in [0.3, 0.4) is 0 Å². The molecular formula is C43H60N6O11. The largest absolute Gasteiger partial charge is 0.478 e. The molecule has 5 atom stereocenters. The lowest BCUT2D eigenvalue weighted by Crippen LogP contribution is -2.53. The molecule has 60 heavy (non-hydrogen) atoms. The van der Waals surface area contributed by atoms with Crippen molar-refractivity contribution in [3.63, 3.8) is 0 Å². The van der Waals surface area contributed by atoms with Crippen molar-refractivity contribution < 1.29 is 53.1 Å². The van der Waals surface area contributed by atoms with Crippen LogP contribution in [0.5, 0.6) is 0 Å². The van der Waals surface area contributed by atoms with Gasteiger partial charge in [0.2, 0.25) is 23.5 Å². The summed E-state index contributed by atoms with van der Waals surface area (Å²) in [6.07, 6.45) is 8.73. The molecule has 2 heterocycles. The average molecular weight is 837 g/mol. The molecule has 4 rings (SSSR count). The number of carboxylic acids is 1. The maximum absolute atomic E-state index is 14.6. The number of hydrogen-bond donors (Lipinski definition) is 5. The number of amides is 5. The molecule has 0 bridgehead atoms. The fraction of sp³-hybridized carbons (Fsp3) is 0.651. The van der Waals surface area contributed by atoms with Crippen molar-refractivity contribution in [2.75, 3.05) is 13.6 Å². The number of carboxylic acid groups (broad SMARTS) is 1. The Morgan fingerprint density at radius 1 is 0.883 bits per heavy atom. The van der Waals surface area contributed by atoms with Gasteiger partial charge in [-0.15, -0.1) is 0 Å². The number of aromatic carboxylic acids is 1. The second kappa shape index (κ2) is 21.3. The van der Waals surface area contributed by atoms with Crippen LogP contribution in [0.1, 0.15) is 138 Å². The molecule has 2 saturated carbocycles. The molecule has 1 saturated heterocycles. The number of pyridine rings is 1. The standard InChI is InChI=1S/C43H60N6O11/c1-43(2,3)30(21-34(52)31(15-16-33(51)40(57)45-4)47-38(55)27-17-18-46-22-29(27)42(59)60)41(58)49-23-26(50)19-32(49)35(53)20-28(24-11-7-5-8-12-24)39(56)48-36(37(44)54)25-13-9-6-10-14-25/h17-18,22,24-25,28,30-32,36H,5-16,19-21,23H2,1-4H3,(H2,44,54)(H,45,57)(H,47,55)(H,48,56)(H,59,60)/t28-,30+,31-,32-,36-/m0/s1. The molecule has 1 aromatic heterocycles. The smallest absolute Gasteiger partial charge is 0.338 e. The summed E-state index contributed by atoms with van der Waals surface area (Å²) in [4.78, 5) is 137. The van der Waals surface area contributed by atoms with E-state index in [4.69, 9.17) is 5.73 Å². The van der Waals surface area contributed by atoms with E-state index in [1.807, 2.05) is 0 Å². The van der Waals surface area contributed by atoms with E-state index < -0.39 is 113 Å². The van der Waals surface area contributed by atoms with Crippen LogP contribution >= 0.6 is 0 Å². The number of nitrogens with zero attached hydrogens (tertiary/aromatic N) is 2. The lowest BCUT2D eigenvalue weighted by atomic mass is 9.75. The number of ketones is 4. The molecule has 17 heteroatoms. The quantitative estimate of drug-likeness (QED) is 0.126. The SMILES string of the molecule is CNC(=O)C(=O)CC[C@H](NC(=O)c1ccncc1C(=O)O)C(=O)C[C@H](C(=O)N1CC(=O)C[C@H]1C(=O)C[C@H](C(=O)N[C@H](C(N)=O)C1CCCCC1)C1CCCCC1)C(C)(C)C. The van der Waals surface area contributed by atoms with Crippen molar-refractivity contribution in [2.24, 2.45) is 34.8 Å². The predicted molar refractivity (Wildman–Crippen MR) is 216 cm³/mol. The maximum atomic E-state index is 14.6. The molecule has 3 fully saturated rings. The molecule has 1 aromatic rings. The van der Waals surface area contributed by atoms with Crippen LogP contribution in [0.2, 0.25) is 0 Å². The Morgan fingerprint density at radius 3 is 2.07 bits per heavy atom. The zero-order valence-electron chi connectivity index (χ0n) is 35.1. The van der Waals surface area contributed by atoms with Crippen molar-refractivity contribution >= 4 is 58.6 Å². The highest BCUT2D eigenvalue weighted by Gasteiger charge is 2.46. The van der Waals surface area contributed by atoms with Crippen LogP contribution in [0.25, 0.3) is 0 Å². The minimum atomic E-state index is -1.45. The molecule has 17 nitrogen and oxygen atoms in total. The highest BCUT2D eigenvalue weighted by Crippen LogP contribution is 2.37. The van der Waals surface area contributed by atoms with E-state index in [0.717, 1.165) is 68.5 Å². The third-order valence-corrected chi connectivity index (χ3v) is 12.4. The Morgan fingerprint density at radius 2 is 1.50 bits per heavy atom. The van der Waals surface area contributed by atoms with Gasteiger partial charge in [0.15, 0.2) is 17.3 Å². The van der Waals surface area contributed by atoms with Crippen LogP contribution < -0.4 is 21.7 Å². The summed E-state index contributed by atoms with van der Waals surface area (Å²) in [7, 11) is 1.25. The number of likely N-dealkylation sites (tertiary alicyclic amines) is 1. The summed E-state index contributed by atoms with van der Waals surface area (Å²) in [6, 6.07) is -2.40. The number of nitrogens with two attached hydrogens (primary N) is 1. The summed E-state index contributed by atoms with van der Waals surface area (Å²) >= 11 is 0. The molecule has 0 unspecified atom stereocenters. The van der Waals surface area contributed by atoms with E-state index in [1.54, 1.807) is 20.8 Å². The van der Waals surface area contributed by atoms with Gasteiger partial charge >= 0.3 is 5.97 Å². The van der Waals surface area contributed by atoms with Gasteiger partial charge in [-0.25, -0.2) is 4.79 Å². The predicted octanol–water partition coefficient (Wildman–Crippen LogP) is 2.47.